The average molecular weight is 307 g/mol. The molecule has 1 N–H and O–H groups in total. The molecule has 3 nitrogen and oxygen atoms in total. The van der Waals surface area contributed by atoms with Crippen LogP contribution in [0.5, 0.6) is 5.75 Å². The molecule has 0 aromatic heterocycles. The van der Waals surface area contributed by atoms with Crippen molar-refractivity contribution in [3.63, 3.8) is 0 Å². The SMILES string of the molecule is COc1ccc(NC(=O)C(C)CCl)cc1Br. The Bertz CT molecular complexity index is 384. The second kappa shape index (κ2) is 6.11. The molecule has 0 aliphatic heterocycles. The van der Waals surface area contributed by atoms with Crippen LogP contribution in [0.15, 0.2) is 22.7 Å². The Morgan fingerprint density at radius 2 is 2.31 bits per heavy atom. The van der Waals surface area contributed by atoms with Gasteiger partial charge in [0.25, 0.3) is 0 Å². The molecule has 0 fully saturated rings. The first-order valence-electron chi connectivity index (χ1n) is 4.79. The molecule has 0 saturated heterocycles. The lowest BCUT2D eigenvalue weighted by Crippen LogP contribution is -2.21. The number of alkyl halides is 1. The summed E-state index contributed by atoms with van der Waals surface area (Å²) in [6.07, 6.45) is 0. The normalized spacial score (nSPS) is 12.0. The molecule has 1 aromatic rings. The fourth-order valence-corrected chi connectivity index (χ4v) is 1.76. The Morgan fingerprint density at radius 3 is 2.81 bits per heavy atom. The molecule has 1 rings (SSSR count). The van der Waals surface area contributed by atoms with E-state index in [0.29, 0.717) is 5.88 Å². The molecule has 0 bridgehead atoms. The fraction of sp³-hybridized carbons (Fsp3) is 0.364. The van der Waals surface area contributed by atoms with E-state index >= 15 is 0 Å². The van der Waals surface area contributed by atoms with Crippen molar-refractivity contribution < 1.29 is 9.53 Å². The Kier molecular flexibility index (Phi) is 5.09. The summed E-state index contributed by atoms with van der Waals surface area (Å²) in [5.41, 5.74) is 0.717. The van der Waals surface area contributed by atoms with Crippen molar-refractivity contribution in [2.24, 2.45) is 5.92 Å². The summed E-state index contributed by atoms with van der Waals surface area (Å²) in [6, 6.07) is 5.35. The van der Waals surface area contributed by atoms with Crippen LogP contribution in [-0.4, -0.2) is 18.9 Å². The highest BCUT2D eigenvalue weighted by Gasteiger charge is 2.12. The first-order valence-corrected chi connectivity index (χ1v) is 6.11. The molecule has 16 heavy (non-hydrogen) atoms. The minimum Gasteiger partial charge on any atom is -0.496 e. The second-order valence-corrected chi connectivity index (χ2v) is 4.56. The van der Waals surface area contributed by atoms with Gasteiger partial charge < -0.3 is 10.1 Å². The fourth-order valence-electron chi connectivity index (χ4n) is 1.08. The van der Waals surface area contributed by atoms with Gasteiger partial charge in [0, 0.05) is 17.5 Å². The number of anilines is 1. The van der Waals surface area contributed by atoms with Gasteiger partial charge in [-0.05, 0) is 34.1 Å². The molecule has 5 heteroatoms. The van der Waals surface area contributed by atoms with Crippen LogP contribution in [0.1, 0.15) is 6.92 Å². The van der Waals surface area contributed by atoms with Gasteiger partial charge in [0.2, 0.25) is 5.91 Å². The number of amides is 1. The highest BCUT2D eigenvalue weighted by molar-refractivity contribution is 9.10. The zero-order chi connectivity index (χ0) is 12.1. The van der Waals surface area contributed by atoms with E-state index in [1.165, 1.54) is 0 Å². The van der Waals surface area contributed by atoms with Crippen LogP contribution < -0.4 is 10.1 Å². The van der Waals surface area contributed by atoms with Crippen LogP contribution in [0, 0.1) is 5.92 Å². The van der Waals surface area contributed by atoms with Gasteiger partial charge in [-0.2, -0.15) is 0 Å². The largest absolute Gasteiger partial charge is 0.496 e. The zero-order valence-corrected chi connectivity index (χ0v) is 11.4. The summed E-state index contributed by atoms with van der Waals surface area (Å²) in [4.78, 5) is 11.6. The van der Waals surface area contributed by atoms with Crippen molar-refractivity contribution in [3.05, 3.63) is 22.7 Å². The van der Waals surface area contributed by atoms with E-state index in [0.717, 1.165) is 15.9 Å². The Hall–Kier alpha value is -0.740. The van der Waals surface area contributed by atoms with E-state index in [1.807, 2.05) is 0 Å². The van der Waals surface area contributed by atoms with Crippen molar-refractivity contribution in [3.8, 4) is 5.75 Å². The highest BCUT2D eigenvalue weighted by Crippen LogP contribution is 2.27. The van der Waals surface area contributed by atoms with E-state index in [-0.39, 0.29) is 11.8 Å². The van der Waals surface area contributed by atoms with Gasteiger partial charge in [0.1, 0.15) is 5.75 Å². The predicted molar refractivity (Wildman–Crippen MR) is 69.2 cm³/mol. The lowest BCUT2D eigenvalue weighted by molar-refractivity contribution is -0.118. The number of nitrogens with one attached hydrogen (secondary N) is 1. The van der Waals surface area contributed by atoms with Gasteiger partial charge in [0.15, 0.2) is 0 Å². The van der Waals surface area contributed by atoms with Crippen LogP contribution in [0.2, 0.25) is 0 Å². The van der Waals surface area contributed by atoms with Crippen molar-refractivity contribution in [2.75, 3.05) is 18.3 Å². The van der Waals surface area contributed by atoms with Crippen molar-refractivity contribution >= 4 is 39.1 Å². The van der Waals surface area contributed by atoms with Crippen LogP contribution in [0.25, 0.3) is 0 Å². The van der Waals surface area contributed by atoms with Gasteiger partial charge in [-0.3, -0.25) is 4.79 Å². The molecule has 0 spiro atoms. The smallest absolute Gasteiger partial charge is 0.228 e. The molecule has 1 aromatic carbocycles. The summed E-state index contributed by atoms with van der Waals surface area (Å²) >= 11 is 8.95. The number of methoxy groups -OCH3 is 1. The van der Waals surface area contributed by atoms with E-state index in [9.17, 15) is 4.79 Å². The molecule has 0 heterocycles. The van der Waals surface area contributed by atoms with Crippen molar-refractivity contribution in [2.45, 2.75) is 6.92 Å². The molecule has 1 amide bonds. The van der Waals surface area contributed by atoms with Gasteiger partial charge in [-0.1, -0.05) is 6.92 Å². The number of ether oxygens (including phenoxy) is 1. The summed E-state index contributed by atoms with van der Waals surface area (Å²) < 4.78 is 5.89. The minimum atomic E-state index is -0.206. The summed E-state index contributed by atoms with van der Waals surface area (Å²) in [6.45, 7) is 1.78. The Labute approximate surface area is 108 Å². The number of carbonyl (C=O) groups is 1. The maximum absolute atomic E-state index is 11.6. The molecule has 1 unspecified atom stereocenters. The summed E-state index contributed by atoms with van der Waals surface area (Å²) in [7, 11) is 1.59. The maximum Gasteiger partial charge on any atom is 0.228 e. The number of benzene rings is 1. The first-order chi connectivity index (χ1) is 7.58. The monoisotopic (exact) mass is 305 g/mol. The lowest BCUT2D eigenvalue weighted by Gasteiger charge is -2.10. The van der Waals surface area contributed by atoms with Crippen LogP contribution in [-0.2, 0) is 4.79 Å². The Balaban J connectivity index is 2.75. The van der Waals surface area contributed by atoms with Crippen LogP contribution in [0.4, 0.5) is 5.69 Å². The number of hydrogen-bond donors (Lipinski definition) is 1. The number of rotatable bonds is 4. The van der Waals surface area contributed by atoms with Gasteiger partial charge >= 0.3 is 0 Å². The predicted octanol–water partition coefficient (Wildman–Crippen LogP) is 3.27. The van der Waals surface area contributed by atoms with E-state index in [4.69, 9.17) is 16.3 Å². The summed E-state index contributed by atoms with van der Waals surface area (Å²) in [5, 5.41) is 2.78. The summed E-state index contributed by atoms with van der Waals surface area (Å²) in [5.74, 6) is 0.737. The van der Waals surface area contributed by atoms with Gasteiger partial charge in [0.05, 0.1) is 11.6 Å². The molecule has 0 saturated carbocycles. The van der Waals surface area contributed by atoms with Gasteiger partial charge in [-0.25, -0.2) is 0 Å². The average Bonchev–Trinajstić information content (AvgIpc) is 2.28. The molecule has 88 valence electrons. The minimum absolute atomic E-state index is 0.0907. The van der Waals surface area contributed by atoms with Crippen molar-refractivity contribution in [1.82, 2.24) is 0 Å². The molecular formula is C11H13BrClNO2. The standard InChI is InChI=1S/C11H13BrClNO2/c1-7(6-13)11(15)14-8-3-4-10(16-2)9(12)5-8/h3-5,7H,6H2,1-2H3,(H,14,15). The maximum atomic E-state index is 11.6. The zero-order valence-electron chi connectivity index (χ0n) is 9.09. The third kappa shape index (κ3) is 3.39. The van der Waals surface area contributed by atoms with Crippen molar-refractivity contribution in [1.29, 1.82) is 0 Å². The van der Waals surface area contributed by atoms with E-state index in [2.05, 4.69) is 21.2 Å². The highest BCUT2D eigenvalue weighted by atomic mass is 79.9. The van der Waals surface area contributed by atoms with E-state index < -0.39 is 0 Å². The topological polar surface area (TPSA) is 38.3 Å². The molecule has 0 radical (unpaired) electrons. The quantitative estimate of drug-likeness (QED) is 0.867. The third-order valence-corrected chi connectivity index (χ3v) is 3.18. The molecule has 1 atom stereocenters. The second-order valence-electron chi connectivity index (χ2n) is 3.39. The molecular weight excluding hydrogens is 293 g/mol. The third-order valence-electron chi connectivity index (χ3n) is 2.10. The number of carbonyl (C=O) groups excluding carboxylic acids is 1. The van der Waals surface area contributed by atoms with Crippen LogP contribution >= 0.6 is 27.5 Å². The van der Waals surface area contributed by atoms with Crippen LogP contribution in [0.3, 0.4) is 0 Å². The number of halogens is 2. The Morgan fingerprint density at radius 1 is 1.62 bits per heavy atom. The molecule has 0 aliphatic rings. The lowest BCUT2D eigenvalue weighted by atomic mass is 10.2. The molecule has 0 aliphatic carbocycles. The number of hydrogen-bond acceptors (Lipinski definition) is 2. The first kappa shape index (κ1) is 13.3. The van der Waals surface area contributed by atoms with E-state index in [1.54, 1.807) is 32.2 Å². The van der Waals surface area contributed by atoms with Gasteiger partial charge in [-0.15, -0.1) is 11.6 Å².